The summed E-state index contributed by atoms with van der Waals surface area (Å²) in [7, 11) is 1.54. The first-order chi connectivity index (χ1) is 10.1. The van der Waals surface area contributed by atoms with Crippen LogP contribution in [0.25, 0.3) is 0 Å². The van der Waals surface area contributed by atoms with Crippen LogP contribution in [0.3, 0.4) is 0 Å². The zero-order valence-electron chi connectivity index (χ0n) is 11.4. The number of halogens is 1. The van der Waals surface area contributed by atoms with Gasteiger partial charge in [0.15, 0.2) is 6.23 Å². The Morgan fingerprint density at radius 1 is 1.48 bits per heavy atom. The second-order valence-electron chi connectivity index (χ2n) is 4.56. The van der Waals surface area contributed by atoms with Gasteiger partial charge in [0.25, 0.3) is 5.56 Å². The van der Waals surface area contributed by atoms with E-state index in [1.807, 2.05) is 0 Å². The minimum atomic E-state index is -0.859. The maximum Gasteiger partial charge on any atom is 0.330 e. The maximum absolute atomic E-state index is 11.9. The molecule has 1 unspecified atom stereocenters. The fourth-order valence-corrected chi connectivity index (χ4v) is 2.87. The molecule has 0 saturated carbocycles. The number of aromatic amines is 1. The van der Waals surface area contributed by atoms with E-state index in [4.69, 9.17) is 14.2 Å². The zero-order chi connectivity index (χ0) is 15.4. The molecule has 1 aliphatic rings. The standard InChI is InChI=1S/C12H17IN2O6/c1-19-4-5-20-10-9(17)7(6-13)21-11(10)15-3-2-8(16)14-12(15)18/h2-3,7,9-11,17H,4-6H2,1H3,(H,14,16,18)/t7-,9?,10+,11-/m1/s1. The number of aromatic nitrogens is 2. The normalized spacial score (nSPS) is 28.9. The first-order valence-corrected chi connectivity index (χ1v) is 7.92. The van der Waals surface area contributed by atoms with Crippen LogP contribution in [0.4, 0.5) is 0 Å². The van der Waals surface area contributed by atoms with Crippen LogP contribution in [0.2, 0.25) is 0 Å². The van der Waals surface area contributed by atoms with Crippen LogP contribution in [0.15, 0.2) is 21.9 Å². The second-order valence-corrected chi connectivity index (χ2v) is 5.44. The highest BCUT2D eigenvalue weighted by atomic mass is 127. The van der Waals surface area contributed by atoms with Gasteiger partial charge in [0.1, 0.15) is 12.2 Å². The molecule has 1 saturated heterocycles. The lowest BCUT2D eigenvalue weighted by Gasteiger charge is -2.22. The van der Waals surface area contributed by atoms with E-state index >= 15 is 0 Å². The Kier molecular flexibility index (Phi) is 5.93. The number of aliphatic hydroxyl groups is 1. The predicted molar refractivity (Wildman–Crippen MR) is 81.7 cm³/mol. The number of nitrogens with one attached hydrogen (secondary N) is 1. The molecule has 1 aromatic heterocycles. The van der Waals surface area contributed by atoms with E-state index < -0.39 is 35.8 Å². The largest absolute Gasteiger partial charge is 0.387 e. The number of nitrogens with zero attached hydrogens (tertiary/aromatic N) is 1. The van der Waals surface area contributed by atoms with Gasteiger partial charge in [0, 0.05) is 23.8 Å². The molecule has 0 spiro atoms. The highest BCUT2D eigenvalue weighted by Gasteiger charge is 2.45. The molecule has 1 aliphatic heterocycles. The van der Waals surface area contributed by atoms with E-state index in [1.165, 1.54) is 16.8 Å². The van der Waals surface area contributed by atoms with E-state index in [0.29, 0.717) is 11.0 Å². The van der Waals surface area contributed by atoms with Crippen molar-refractivity contribution in [2.45, 2.75) is 24.5 Å². The molecule has 8 nitrogen and oxygen atoms in total. The van der Waals surface area contributed by atoms with Gasteiger partial charge in [-0.1, -0.05) is 22.6 Å². The Hall–Kier alpha value is -0.750. The molecule has 2 N–H and O–H groups in total. The van der Waals surface area contributed by atoms with E-state index in [-0.39, 0.29) is 6.61 Å². The van der Waals surface area contributed by atoms with Crippen LogP contribution < -0.4 is 11.2 Å². The number of H-pyrrole nitrogens is 1. The van der Waals surface area contributed by atoms with Crippen LogP contribution in [-0.2, 0) is 14.2 Å². The zero-order valence-corrected chi connectivity index (χ0v) is 13.6. The third-order valence-electron chi connectivity index (χ3n) is 3.19. The van der Waals surface area contributed by atoms with Crippen molar-refractivity contribution in [3.8, 4) is 0 Å². The number of alkyl halides is 1. The van der Waals surface area contributed by atoms with Gasteiger partial charge in [-0.25, -0.2) is 4.79 Å². The monoisotopic (exact) mass is 412 g/mol. The predicted octanol–water partition coefficient (Wildman–Crippen LogP) is -0.738. The summed E-state index contributed by atoms with van der Waals surface area (Å²) in [5, 5.41) is 10.2. The lowest BCUT2D eigenvalue weighted by Crippen LogP contribution is -2.39. The van der Waals surface area contributed by atoms with Crippen molar-refractivity contribution in [3.05, 3.63) is 33.1 Å². The van der Waals surface area contributed by atoms with E-state index in [9.17, 15) is 14.7 Å². The summed E-state index contributed by atoms with van der Waals surface area (Å²) in [6.07, 6.45) is -1.46. The second kappa shape index (κ2) is 7.49. The summed E-state index contributed by atoms with van der Waals surface area (Å²) in [5.41, 5.74) is -1.09. The van der Waals surface area contributed by atoms with Crippen molar-refractivity contribution in [1.29, 1.82) is 0 Å². The molecule has 0 radical (unpaired) electrons. The van der Waals surface area contributed by atoms with E-state index in [2.05, 4.69) is 27.6 Å². The molecule has 21 heavy (non-hydrogen) atoms. The highest BCUT2D eigenvalue weighted by Crippen LogP contribution is 2.31. The first kappa shape index (κ1) is 16.6. The van der Waals surface area contributed by atoms with Crippen LogP contribution in [0.5, 0.6) is 0 Å². The minimum Gasteiger partial charge on any atom is -0.387 e. The summed E-state index contributed by atoms with van der Waals surface area (Å²) < 4.78 is 18.0. The van der Waals surface area contributed by atoms with Crippen molar-refractivity contribution >= 4 is 22.6 Å². The number of rotatable bonds is 6. The van der Waals surface area contributed by atoms with Crippen LogP contribution in [0, 0.1) is 0 Å². The van der Waals surface area contributed by atoms with Gasteiger partial charge < -0.3 is 19.3 Å². The number of aliphatic hydroxyl groups excluding tert-OH is 1. The average molecular weight is 412 g/mol. The molecule has 118 valence electrons. The van der Waals surface area contributed by atoms with Crippen LogP contribution >= 0.6 is 22.6 Å². The molecular formula is C12H17IN2O6. The molecule has 0 bridgehead atoms. The Balaban J connectivity index is 2.25. The van der Waals surface area contributed by atoms with Gasteiger partial charge in [-0.05, 0) is 0 Å². The quantitative estimate of drug-likeness (QED) is 0.363. The van der Waals surface area contributed by atoms with Crippen LogP contribution in [-0.4, -0.2) is 57.7 Å². The van der Waals surface area contributed by atoms with E-state index in [1.54, 1.807) is 7.11 Å². The first-order valence-electron chi connectivity index (χ1n) is 6.40. The molecule has 0 amide bonds. The smallest absolute Gasteiger partial charge is 0.330 e. The minimum absolute atomic E-state index is 0.268. The summed E-state index contributed by atoms with van der Waals surface area (Å²) >= 11 is 2.09. The number of hydrogen-bond acceptors (Lipinski definition) is 6. The fraction of sp³-hybridized carbons (Fsp3) is 0.667. The van der Waals surface area contributed by atoms with Crippen molar-refractivity contribution in [3.63, 3.8) is 0 Å². The molecule has 9 heteroatoms. The lowest BCUT2D eigenvalue weighted by molar-refractivity contribution is -0.0787. The van der Waals surface area contributed by atoms with E-state index in [0.717, 1.165) is 0 Å². The molecule has 1 fully saturated rings. The van der Waals surface area contributed by atoms with Crippen molar-refractivity contribution in [2.24, 2.45) is 0 Å². The summed E-state index contributed by atoms with van der Waals surface area (Å²) in [6.45, 7) is 0.634. The van der Waals surface area contributed by atoms with Gasteiger partial charge in [0.05, 0.1) is 19.3 Å². The molecule has 4 atom stereocenters. The van der Waals surface area contributed by atoms with Gasteiger partial charge in [-0.2, -0.15) is 0 Å². The molecule has 0 aromatic carbocycles. The van der Waals surface area contributed by atoms with Crippen molar-refractivity contribution in [2.75, 3.05) is 24.8 Å². The summed E-state index contributed by atoms with van der Waals surface area (Å²) in [4.78, 5) is 25.2. The van der Waals surface area contributed by atoms with Gasteiger partial charge in [0.2, 0.25) is 0 Å². The third kappa shape index (κ3) is 3.72. The Labute approximate surface area is 134 Å². The third-order valence-corrected chi connectivity index (χ3v) is 4.06. The maximum atomic E-state index is 11.9. The van der Waals surface area contributed by atoms with Gasteiger partial charge in [-0.3, -0.25) is 14.3 Å². The lowest BCUT2D eigenvalue weighted by atomic mass is 10.1. The molecule has 1 aromatic rings. The fourth-order valence-electron chi connectivity index (χ4n) is 2.14. The molecule has 2 rings (SSSR count). The number of ether oxygens (including phenoxy) is 3. The van der Waals surface area contributed by atoms with Gasteiger partial charge in [-0.15, -0.1) is 0 Å². The summed E-state index contributed by atoms with van der Waals surface area (Å²) in [5.74, 6) is 0. The number of methoxy groups -OCH3 is 1. The van der Waals surface area contributed by atoms with Gasteiger partial charge >= 0.3 is 5.69 Å². The number of hydrogen-bond donors (Lipinski definition) is 2. The van der Waals surface area contributed by atoms with Crippen molar-refractivity contribution in [1.82, 2.24) is 9.55 Å². The van der Waals surface area contributed by atoms with Crippen molar-refractivity contribution < 1.29 is 19.3 Å². The Morgan fingerprint density at radius 2 is 2.24 bits per heavy atom. The molecular weight excluding hydrogens is 395 g/mol. The SMILES string of the molecule is COCCO[C@H]1C(O)[C@@H](CI)O[C@H]1n1ccc(=O)[nH]c1=O. The average Bonchev–Trinajstić information content (AvgIpc) is 2.76. The topological polar surface area (TPSA) is 103 Å². The molecule has 2 heterocycles. The van der Waals surface area contributed by atoms with Crippen LogP contribution in [0.1, 0.15) is 6.23 Å². The highest BCUT2D eigenvalue weighted by molar-refractivity contribution is 14.1. The summed E-state index contributed by atoms with van der Waals surface area (Å²) in [6, 6.07) is 1.22. The Bertz CT molecular complexity index is 573. The Morgan fingerprint density at radius 3 is 2.86 bits per heavy atom. The molecule has 0 aliphatic carbocycles.